The van der Waals surface area contributed by atoms with Crippen LogP contribution in [0.4, 0.5) is 0 Å². The lowest BCUT2D eigenvalue weighted by atomic mass is 9.59. The van der Waals surface area contributed by atoms with Gasteiger partial charge >= 0.3 is 7.12 Å². The topological polar surface area (TPSA) is 35.5 Å². The van der Waals surface area contributed by atoms with Crippen molar-refractivity contribution in [2.24, 2.45) is 11.8 Å². The fraction of sp³-hybridized carbons (Fsp3) is 0.850. The lowest BCUT2D eigenvalue weighted by Gasteiger charge is -2.32. The highest BCUT2D eigenvalue weighted by atomic mass is 16.7. The van der Waals surface area contributed by atoms with Gasteiger partial charge in [0.15, 0.2) is 0 Å². The van der Waals surface area contributed by atoms with Crippen LogP contribution in [0.1, 0.15) is 80.1 Å². The van der Waals surface area contributed by atoms with E-state index >= 15 is 0 Å². The Morgan fingerprint density at radius 1 is 1.21 bits per heavy atom. The molecular weight excluding hydrogens is 299 g/mol. The van der Waals surface area contributed by atoms with Gasteiger partial charge in [-0.15, -0.1) is 6.58 Å². The van der Waals surface area contributed by atoms with Gasteiger partial charge < -0.3 is 9.31 Å². The fourth-order valence-electron chi connectivity index (χ4n) is 4.04. The summed E-state index contributed by atoms with van der Waals surface area (Å²) in [6.07, 6.45) is 5.97. The molecule has 0 radical (unpaired) electrons. The van der Waals surface area contributed by atoms with Gasteiger partial charge in [-0.2, -0.15) is 0 Å². The van der Waals surface area contributed by atoms with Crippen molar-refractivity contribution >= 4 is 12.9 Å². The molecule has 24 heavy (non-hydrogen) atoms. The summed E-state index contributed by atoms with van der Waals surface area (Å²) >= 11 is 0. The minimum absolute atomic E-state index is 0.135. The van der Waals surface area contributed by atoms with Gasteiger partial charge in [0.2, 0.25) is 0 Å². The van der Waals surface area contributed by atoms with E-state index in [0.717, 1.165) is 37.7 Å². The zero-order valence-corrected chi connectivity index (χ0v) is 16.5. The highest BCUT2D eigenvalue weighted by molar-refractivity contribution is 6.47. The normalized spacial score (nSPS) is 29.2. The first kappa shape index (κ1) is 19.7. The van der Waals surface area contributed by atoms with Gasteiger partial charge in [0.1, 0.15) is 5.78 Å². The number of Topliss-reactive ketones (excluding diaryl/α,β-unsaturated/α-hetero) is 1. The van der Waals surface area contributed by atoms with Gasteiger partial charge in [-0.05, 0) is 59.8 Å². The van der Waals surface area contributed by atoms with E-state index in [-0.39, 0.29) is 36.0 Å². The quantitative estimate of drug-likeness (QED) is 0.394. The second-order valence-corrected chi connectivity index (χ2v) is 8.98. The Labute approximate surface area is 148 Å². The lowest BCUT2D eigenvalue weighted by Crippen LogP contribution is -2.41. The van der Waals surface area contributed by atoms with E-state index in [1.807, 2.05) is 0 Å². The van der Waals surface area contributed by atoms with Crippen molar-refractivity contribution in [2.75, 3.05) is 0 Å². The SMILES string of the molecule is C=C(C)C[C@H](B1OC(C)(C)C(C)(C)O1)[C@@H](C)[C@H]1CCCCCC1=O. The second kappa shape index (κ2) is 7.33. The molecule has 0 spiro atoms. The molecule has 2 fully saturated rings. The summed E-state index contributed by atoms with van der Waals surface area (Å²) in [7, 11) is -0.266. The zero-order valence-electron chi connectivity index (χ0n) is 16.5. The highest BCUT2D eigenvalue weighted by Gasteiger charge is 2.55. The minimum Gasteiger partial charge on any atom is -0.403 e. The molecule has 4 heteroatoms. The molecule has 2 aliphatic rings. The molecule has 0 N–H and O–H groups in total. The standard InChI is InChI=1S/C20H35BO3/c1-14(2)13-17(21-23-19(4,5)20(6,7)24-21)15(3)16-11-9-8-10-12-18(16)22/h15-17H,1,8-13H2,2-7H3/t15-,16+,17-/m0/s1. The first-order chi connectivity index (χ1) is 11.0. The van der Waals surface area contributed by atoms with Crippen molar-refractivity contribution in [2.45, 2.75) is 97.1 Å². The van der Waals surface area contributed by atoms with Crippen LogP contribution in [0, 0.1) is 11.8 Å². The summed E-state index contributed by atoms with van der Waals surface area (Å²) in [4.78, 5) is 12.6. The molecule has 136 valence electrons. The summed E-state index contributed by atoms with van der Waals surface area (Å²) in [6.45, 7) is 16.7. The first-order valence-electron chi connectivity index (χ1n) is 9.58. The van der Waals surface area contributed by atoms with Crippen LogP contribution in [-0.4, -0.2) is 24.1 Å². The molecule has 0 aromatic heterocycles. The maximum atomic E-state index is 12.6. The number of carbonyl (C=O) groups excluding carboxylic acids is 1. The third-order valence-corrected chi connectivity index (χ3v) is 6.37. The molecule has 0 aromatic carbocycles. The van der Waals surface area contributed by atoms with Crippen LogP contribution in [0.25, 0.3) is 0 Å². The summed E-state index contributed by atoms with van der Waals surface area (Å²) in [5, 5.41) is 0. The van der Waals surface area contributed by atoms with Crippen LogP contribution in [0.15, 0.2) is 12.2 Å². The predicted molar refractivity (Wildman–Crippen MR) is 100 cm³/mol. The van der Waals surface area contributed by atoms with E-state index < -0.39 is 0 Å². The molecule has 0 unspecified atom stereocenters. The fourth-order valence-corrected chi connectivity index (χ4v) is 4.04. The molecule has 1 heterocycles. The van der Waals surface area contributed by atoms with Crippen LogP contribution in [-0.2, 0) is 14.1 Å². The molecule has 0 aromatic rings. The Balaban J connectivity index is 2.22. The van der Waals surface area contributed by atoms with Crippen molar-refractivity contribution in [3.8, 4) is 0 Å². The number of ketones is 1. The largest absolute Gasteiger partial charge is 0.461 e. The maximum absolute atomic E-state index is 12.6. The van der Waals surface area contributed by atoms with Crippen LogP contribution in [0.3, 0.4) is 0 Å². The number of carbonyl (C=O) groups is 1. The molecule has 0 amide bonds. The molecule has 1 aliphatic carbocycles. The van der Waals surface area contributed by atoms with E-state index in [0.29, 0.717) is 5.78 Å². The van der Waals surface area contributed by atoms with Crippen molar-refractivity contribution in [1.82, 2.24) is 0 Å². The van der Waals surface area contributed by atoms with Crippen molar-refractivity contribution in [1.29, 1.82) is 0 Å². The second-order valence-electron chi connectivity index (χ2n) is 8.98. The van der Waals surface area contributed by atoms with Crippen molar-refractivity contribution in [3.05, 3.63) is 12.2 Å². The molecule has 2 rings (SSSR count). The third kappa shape index (κ3) is 4.13. The van der Waals surface area contributed by atoms with E-state index in [2.05, 4.69) is 48.1 Å². The Morgan fingerprint density at radius 3 is 2.33 bits per heavy atom. The Hall–Kier alpha value is -0.605. The minimum atomic E-state index is -0.335. The average molecular weight is 334 g/mol. The number of rotatable bonds is 5. The molecule has 3 atom stereocenters. The highest BCUT2D eigenvalue weighted by Crippen LogP contribution is 2.46. The molecular formula is C20H35BO3. The van der Waals surface area contributed by atoms with Gasteiger partial charge in [0, 0.05) is 18.2 Å². The molecule has 3 nitrogen and oxygen atoms in total. The monoisotopic (exact) mass is 334 g/mol. The van der Waals surface area contributed by atoms with E-state index in [1.165, 1.54) is 6.42 Å². The van der Waals surface area contributed by atoms with Crippen LogP contribution >= 0.6 is 0 Å². The van der Waals surface area contributed by atoms with Gasteiger partial charge in [-0.1, -0.05) is 25.3 Å². The maximum Gasteiger partial charge on any atom is 0.461 e. The predicted octanol–water partition coefficient (Wildman–Crippen LogP) is 5.20. The summed E-state index contributed by atoms with van der Waals surface area (Å²) < 4.78 is 12.7. The van der Waals surface area contributed by atoms with Gasteiger partial charge in [-0.3, -0.25) is 4.79 Å². The van der Waals surface area contributed by atoms with E-state index in [9.17, 15) is 4.79 Å². The summed E-state index contributed by atoms with van der Waals surface area (Å²) in [5.74, 6) is 0.997. The zero-order chi connectivity index (χ0) is 18.1. The molecule has 1 saturated carbocycles. The third-order valence-electron chi connectivity index (χ3n) is 6.37. The van der Waals surface area contributed by atoms with Gasteiger partial charge in [-0.25, -0.2) is 0 Å². The van der Waals surface area contributed by atoms with E-state index in [1.54, 1.807) is 0 Å². The van der Waals surface area contributed by atoms with Crippen LogP contribution < -0.4 is 0 Å². The number of allylic oxidation sites excluding steroid dienone is 1. The first-order valence-corrected chi connectivity index (χ1v) is 9.58. The average Bonchev–Trinajstić information content (AvgIpc) is 2.61. The van der Waals surface area contributed by atoms with Gasteiger partial charge in [0.25, 0.3) is 0 Å². The molecule has 1 saturated heterocycles. The Bertz CT molecular complexity index is 467. The number of hydrogen-bond donors (Lipinski definition) is 0. The summed E-state index contributed by atoms with van der Waals surface area (Å²) in [6, 6.07) is 0. The molecule has 1 aliphatic heterocycles. The van der Waals surface area contributed by atoms with Crippen molar-refractivity contribution < 1.29 is 14.1 Å². The number of hydrogen-bond acceptors (Lipinski definition) is 3. The lowest BCUT2D eigenvalue weighted by molar-refractivity contribution is -0.124. The summed E-state index contributed by atoms with van der Waals surface area (Å²) in [5.41, 5.74) is 0.457. The van der Waals surface area contributed by atoms with E-state index in [4.69, 9.17) is 9.31 Å². The Kier molecular flexibility index (Phi) is 6.02. The smallest absolute Gasteiger partial charge is 0.403 e. The molecule has 0 bridgehead atoms. The van der Waals surface area contributed by atoms with Crippen LogP contribution in [0.2, 0.25) is 5.82 Å². The van der Waals surface area contributed by atoms with Crippen LogP contribution in [0.5, 0.6) is 0 Å². The van der Waals surface area contributed by atoms with Gasteiger partial charge in [0.05, 0.1) is 11.2 Å². The Morgan fingerprint density at radius 2 is 1.79 bits per heavy atom. The van der Waals surface area contributed by atoms with Crippen molar-refractivity contribution in [3.63, 3.8) is 0 Å².